The Morgan fingerprint density at radius 1 is 1.00 bits per heavy atom. The summed E-state index contributed by atoms with van der Waals surface area (Å²) in [5, 5.41) is 10.3. The smallest absolute Gasteiger partial charge is 0.133 e. The van der Waals surface area contributed by atoms with Gasteiger partial charge in [-0.25, -0.2) is 0 Å². The van der Waals surface area contributed by atoms with Crippen molar-refractivity contribution in [3.63, 3.8) is 0 Å². The van der Waals surface area contributed by atoms with Crippen molar-refractivity contribution in [2.45, 2.75) is 84.7 Å². The zero-order chi connectivity index (χ0) is 16.4. The molecule has 1 N–H and O–H groups in total. The molecule has 0 unspecified atom stereocenters. The minimum absolute atomic E-state index is 0.152. The molecule has 130 valence electrons. The maximum absolute atomic E-state index is 11.9. The van der Waals surface area contributed by atoms with Crippen LogP contribution in [-0.2, 0) is 4.79 Å². The first-order valence-corrected chi connectivity index (χ1v) is 10.1. The highest BCUT2D eigenvalue weighted by atomic mass is 16.3. The molecule has 2 heteroatoms. The largest absolute Gasteiger partial charge is 0.393 e. The third-order valence-electron chi connectivity index (χ3n) is 9.14. The SMILES string of the molecule is C[C@@H](O)[C@@H]1CC[C@@H]2[C@H]3CC[C@H]4CC(=O)CC[C@]4(C)[C@@H]3CC[C@@]21C. The molecule has 0 spiro atoms. The van der Waals surface area contributed by atoms with Gasteiger partial charge in [0.2, 0.25) is 0 Å². The molecule has 0 aromatic heterocycles. The topological polar surface area (TPSA) is 37.3 Å². The Morgan fingerprint density at radius 3 is 2.48 bits per heavy atom. The van der Waals surface area contributed by atoms with Gasteiger partial charge in [-0.05, 0) is 92.3 Å². The molecule has 0 aliphatic heterocycles. The first kappa shape index (κ1) is 16.1. The summed E-state index contributed by atoms with van der Waals surface area (Å²) in [4.78, 5) is 11.9. The van der Waals surface area contributed by atoms with Crippen LogP contribution < -0.4 is 0 Å². The monoisotopic (exact) mass is 318 g/mol. The van der Waals surface area contributed by atoms with Gasteiger partial charge in [0.1, 0.15) is 5.78 Å². The second-order valence-electron chi connectivity index (χ2n) is 9.87. The standard InChI is InChI=1S/C21H34O2/c1-13(22)17-6-7-18-16-5-4-14-12-15(23)8-10-20(14,2)19(16)9-11-21(17,18)3/h13-14,16-19,22H,4-12H2,1-3H3/t13-,14+,16-,17+,18-,19-,20+,21-/m1/s1. The Kier molecular flexibility index (Phi) is 3.72. The van der Waals surface area contributed by atoms with Crippen LogP contribution in [0.4, 0.5) is 0 Å². The van der Waals surface area contributed by atoms with Crippen molar-refractivity contribution in [2.75, 3.05) is 0 Å². The summed E-state index contributed by atoms with van der Waals surface area (Å²) >= 11 is 0. The third kappa shape index (κ3) is 2.19. The Bertz CT molecular complexity index is 498. The zero-order valence-electron chi connectivity index (χ0n) is 15.2. The fourth-order valence-electron chi connectivity index (χ4n) is 7.88. The van der Waals surface area contributed by atoms with E-state index in [0.29, 0.717) is 28.4 Å². The van der Waals surface area contributed by atoms with Gasteiger partial charge < -0.3 is 5.11 Å². The molecule has 0 saturated heterocycles. The van der Waals surface area contributed by atoms with Gasteiger partial charge in [0.05, 0.1) is 6.10 Å². The van der Waals surface area contributed by atoms with Gasteiger partial charge >= 0.3 is 0 Å². The van der Waals surface area contributed by atoms with E-state index in [1.165, 1.54) is 38.5 Å². The fraction of sp³-hybridized carbons (Fsp3) is 0.952. The molecule has 4 aliphatic rings. The van der Waals surface area contributed by atoms with E-state index in [2.05, 4.69) is 13.8 Å². The lowest BCUT2D eigenvalue weighted by Crippen LogP contribution is -2.54. The van der Waals surface area contributed by atoms with Crippen molar-refractivity contribution in [3.8, 4) is 0 Å². The average Bonchev–Trinajstić information content (AvgIpc) is 2.85. The Hall–Kier alpha value is -0.370. The van der Waals surface area contributed by atoms with Crippen molar-refractivity contribution < 1.29 is 9.90 Å². The minimum Gasteiger partial charge on any atom is -0.393 e. The van der Waals surface area contributed by atoms with Gasteiger partial charge in [0, 0.05) is 12.8 Å². The number of fused-ring (bicyclic) bond motifs is 5. The van der Waals surface area contributed by atoms with E-state index in [0.717, 1.165) is 37.0 Å². The Labute approximate surface area is 141 Å². The lowest BCUT2D eigenvalue weighted by Gasteiger charge is -2.60. The molecule has 0 radical (unpaired) electrons. The van der Waals surface area contributed by atoms with Gasteiger partial charge in [-0.15, -0.1) is 0 Å². The second kappa shape index (κ2) is 5.31. The van der Waals surface area contributed by atoms with Crippen LogP contribution in [0.2, 0.25) is 0 Å². The van der Waals surface area contributed by atoms with Gasteiger partial charge in [-0.2, -0.15) is 0 Å². The predicted molar refractivity (Wildman–Crippen MR) is 91.9 cm³/mol. The van der Waals surface area contributed by atoms with Crippen LogP contribution in [0.1, 0.15) is 78.6 Å². The molecule has 0 amide bonds. The molecule has 0 heterocycles. The molecule has 0 aromatic rings. The summed E-state index contributed by atoms with van der Waals surface area (Å²) < 4.78 is 0. The number of carbonyl (C=O) groups is 1. The molecule has 23 heavy (non-hydrogen) atoms. The predicted octanol–water partition coefficient (Wildman–Crippen LogP) is 4.60. The molecule has 0 aromatic carbocycles. The van der Waals surface area contributed by atoms with Crippen molar-refractivity contribution in [3.05, 3.63) is 0 Å². The van der Waals surface area contributed by atoms with E-state index in [9.17, 15) is 9.90 Å². The van der Waals surface area contributed by atoms with Crippen LogP contribution >= 0.6 is 0 Å². The quantitative estimate of drug-likeness (QED) is 0.767. The van der Waals surface area contributed by atoms with Crippen molar-refractivity contribution in [2.24, 2.45) is 40.4 Å². The van der Waals surface area contributed by atoms with E-state index in [1.54, 1.807) is 0 Å². The van der Waals surface area contributed by atoms with Crippen LogP contribution in [0.5, 0.6) is 0 Å². The molecule has 4 saturated carbocycles. The number of Topliss-reactive ketones (excluding diaryl/α,β-unsaturated/α-hetero) is 1. The number of aliphatic hydroxyl groups excluding tert-OH is 1. The summed E-state index contributed by atoms with van der Waals surface area (Å²) in [7, 11) is 0. The highest BCUT2D eigenvalue weighted by Crippen LogP contribution is 2.67. The number of rotatable bonds is 1. The first-order valence-electron chi connectivity index (χ1n) is 10.1. The van der Waals surface area contributed by atoms with Crippen LogP contribution in [-0.4, -0.2) is 17.0 Å². The van der Waals surface area contributed by atoms with E-state index in [1.807, 2.05) is 6.92 Å². The summed E-state index contributed by atoms with van der Waals surface area (Å²) in [5.74, 6) is 4.18. The molecule has 4 fully saturated rings. The van der Waals surface area contributed by atoms with Gasteiger partial charge in [0.25, 0.3) is 0 Å². The van der Waals surface area contributed by atoms with E-state index in [4.69, 9.17) is 0 Å². The minimum atomic E-state index is -0.152. The summed E-state index contributed by atoms with van der Waals surface area (Å²) in [6.07, 6.45) is 10.5. The Balaban J connectivity index is 1.61. The van der Waals surface area contributed by atoms with E-state index >= 15 is 0 Å². The molecule has 4 rings (SSSR count). The maximum Gasteiger partial charge on any atom is 0.133 e. The zero-order valence-corrected chi connectivity index (χ0v) is 15.2. The van der Waals surface area contributed by atoms with Gasteiger partial charge in [0.15, 0.2) is 0 Å². The third-order valence-corrected chi connectivity index (χ3v) is 9.14. The first-order chi connectivity index (χ1) is 10.9. The van der Waals surface area contributed by atoms with Crippen LogP contribution in [0.25, 0.3) is 0 Å². The average molecular weight is 319 g/mol. The van der Waals surface area contributed by atoms with Crippen LogP contribution in [0.15, 0.2) is 0 Å². The lowest BCUT2D eigenvalue weighted by atomic mass is 9.44. The van der Waals surface area contributed by atoms with Gasteiger partial charge in [-0.1, -0.05) is 13.8 Å². The normalized spacial score (nSPS) is 54.1. The van der Waals surface area contributed by atoms with Crippen LogP contribution in [0.3, 0.4) is 0 Å². The summed E-state index contributed by atoms with van der Waals surface area (Å²) in [5.41, 5.74) is 0.782. The van der Waals surface area contributed by atoms with Gasteiger partial charge in [-0.3, -0.25) is 4.79 Å². The molecular formula is C21H34O2. The second-order valence-corrected chi connectivity index (χ2v) is 9.87. The molecule has 0 bridgehead atoms. The molecule has 2 nitrogen and oxygen atoms in total. The summed E-state index contributed by atoms with van der Waals surface area (Å²) in [6.45, 7) is 7.01. The summed E-state index contributed by atoms with van der Waals surface area (Å²) in [6, 6.07) is 0. The van der Waals surface area contributed by atoms with Crippen molar-refractivity contribution in [1.82, 2.24) is 0 Å². The molecule has 4 aliphatic carbocycles. The number of ketones is 1. The number of carbonyl (C=O) groups excluding carboxylic acids is 1. The van der Waals surface area contributed by atoms with Crippen molar-refractivity contribution in [1.29, 1.82) is 0 Å². The van der Waals surface area contributed by atoms with Crippen LogP contribution in [0, 0.1) is 40.4 Å². The van der Waals surface area contributed by atoms with E-state index < -0.39 is 0 Å². The number of aliphatic hydroxyl groups is 1. The lowest BCUT2D eigenvalue weighted by molar-refractivity contribution is -0.141. The Morgan fingerprint density at radius 2 is 1.74 bits per heavy atom. The number of hydrogen-bond acceptors (Lipinski definition) is 2. The highest BCUT2D eigenvalue weighted by Gasteiger charge is 2.60. The molecular weight excluding hydrogens is 284 g/mol. The maximum atomic E-state index is 11.9. The molecule has 8 atom stereocenters. The highest BCUT2D eigenvalue weighted by molar-refractivity contribution is 5.79. The number of hydrogen-bond donors (Lipinski definition) is 1. The fourth-order valence-corrected chi connectivity index (χ4v) is 7.88. The van der Waals surface area contributed by atoms with E-state index in [-0.39, 0.29) is 6.10 Å². The van der Waals surface area contributed by atoms with Crippen molar-refractivity contribution >= 4 is 5.78 Å².